The summed E-state index contributed by atoms with van der Waals surface area (Å²) in [5, 5.41) is 1.86. The first-order valence-electron chi connectivity index (χ1n) is 6.53. The molecule has 0 aliphatic carbocycles. The Labute approximate surface area is 148 Å². The second kappa shape index (κ2) is 7.68. The maximum Gasteiger partial charge on any atom is 0.417 e. The van der Waals surface area contributed by atoms with Gasteiger partial charge in [-0.3, -0.25) is 4.21 Å². The molecule has 2 aromatic carbocycles. The van der Waals surface area contributed by atoms with Crippen molar-refractivity contribution in [3.8, 4) is 0 Å². The van der Waals surface area contributed by atoms with Crippen molar-refractivity contribution in [3.63, 3.8) is 0 Å². The van der Waals surface area contributed by atoms with Gasteiger partial charge >= 0.3 is 6.18 Å². The lowest BCUT2D eigenvalue weighted by Gasteiger charge is -2.10. The Bertz CT molecular complexity index is 803. The van der Waals surface area contributed by atoms with Crippen molar-refractivity contribution < 1.29 is 21.8 Å². The van der Waals surface area contributed by atoms with Crippen LogP contribution in [0.3, 0.4) is 0 Å². The lowest BCUT2D eigenvalue weighted by Crippen LogP contribution is -2.08. The highest BCUT2D eigenvalue weighted by Gasteiger charge is 2.33. The van der Waals surface area contributed by atoms with Crippen molar-refractivity contribution in [2.24, 2.45) is 0 Å². The number of benzene rings is 2. The topological polar surface area (TPSA) is 17.1 Å². The van der Waals surface area contributed by atoms with Crippen LogP contribution in [-0.2, 0) is 22.7 Å². The molecule has 1 atom stereocenters. The molecule has 0 N–H and O–H groups in total. The summed E-state index contributed by atoms with van der Waals surface area (Å²) in [6.45, 7) is 0. The molecule has 128 valence electrons. The van der Waals surface area contributed by atoms with Crippen molar-refractivity contribution >= 4 is 40.1 Å². The largest absolute Gasteiger partial charge is 0.417 e. The predicted octanol–water partition coefficient (Wildman–Crippen LogP) is 6.07. The smallest absolute Gasteiger partial charge is 0.255 e. The number of alkyl halides is 3. The van der Waals surface area contributed by atoms with Crippen LogP contribution in [0.4, 0.5) is 17.6 Å². The molecule has 0 aromatic heterocycles. The molecular formula is C16H10Cl2F4OS. The molecule has 0 aliphatic rings. The van der Waals surface area contributed by atoms with Crippen molar-refractivity contribution in [1.82, 2.24) is 0 Å². The van der Waals surface area contributed by atoms with Gasteiger partial charge < -0.3 is 0 Å². The molecule has 0 amide bonds. The van der Waals surface area contributed by atoms with Gasteiger partial charge in [-0.2, -0.15) is 13.2 Å². The maximum absolute atomic E-state index is 13.0. The van der Waals surface area contributed by atoms with E-state index in [0.717, 1.165) is 23.6 Å². The van der Waals surface area contributed by atoms with Gasteiger partial charge in [-0.1, -0.05) is 35.3 Å². The first-order valence-corrected chi connectivity index (χ1v) is 8.66. The molecule has 1 unspecified atom stereocenters. The van der Waals surface area contributed by atoms with E-state index in [4.69, 9.17) is 23.2 Å². The summed E-state index contributed by atoms with van der Waals surface area (Å²) in [6, 6.07) is 6.95. The molecule has 0 aliphatic heterocycles. The zero-order chi connectivity index (χ0) is 17.9. The van der Waals surface area contributed by atoms with Crippen LogP contribution < -0.4 is 0 Å². The second-order valence-electron chi connectivity index (χ2n) is 4.79. The van der Waals surface area contributed by atoms with Crippen molar-refractivity contribution in [2.75, 3.05) is 0 Å². The Morgan fingerprint density at radius 3 is 2.42 bits per heavy atom. The molecule has 0 spiro atoms. The third kappa shape index (κ3) is 5.06. The Morgan fingerprint density at radius 1 is 1.08 bits per heavy atom. The highest BCUT2D eigenvalue weighted by molar-refractivity contribution is 7.87. The summed E-state index contributed by atoms with van der Waals surface area (Å²) in [7, 11) is -1.60. The number of hydrogen-bond donors (Lipinski definition) is 0. The van der Waals surface area contributed by atoms with Crippen LogP contribution in [0.25, 0.3) is 6.08 Å². The minimum absolute atomic E-state index is 0.0229. The van der Waals surface area contributed by atoms with Gasteiger partial charge in [-0.25, -0.2) is 4.39 Å². The van der Waals surface area contributed by atoms with Crippen molar-refractivity contribution in [1.29, 1.82) is 0 Å². The average Bonchev–Trinajstić information content (AvgIpc) is 2.48. The highest BCUT2D eigenvalue weighted by Crippen LogP contribution is 2.33. The van der Waals surface area contributed by atoms with Gasteiger partial charge in [0, 0.05) is 15.5 Å². The van der Waals surface area contributed by atoms with E-state index in [1.807, 2.05) is 0 Å². The number of rotatable bonds is 4. The normalized spacial score (nSPS) is 13.4. The Balaban J connectivity index is 2.20. The van der Waals surface area contributed by atoms with E-state index in [1.165, 1.54) is 6.07 Å². The summed E-state index contributed by atoms with van der Waals surface area (Å²) in [5.41, 5.74) is -0.834. The molecule has 0 fully saturated rings. The monoisotopic (exact) mass is 396 g/mol. The van der Waals surface area contributed by atoms with E-state index < -0.39 is 28.4 Å². The van der Waals surface area contributed by atoms with Crippen LogP contribution in [0.2, 0.25) is 10.0 Å². The van der Waals surface area contributed by atoms with Crippen molar-refractivity contribution in [2.45, 2.75) is 11.9 Å². The van der Waals surface area contributed by atoms with E-state index in [9.17, 15) is 21.8 Å². The third-order valence-corrected chi connectivity index (χ3v) is 4.66. The summed E-state index contributed by atoms with van der Waals surface area (Å²) in [6.07, 6.45) is -3.65. The van der Waals surface area contributed by atoms with Crippen LogP contribution in [0.5, 0.6) is 0 Å². The molecule has 24 heavy (non-hydrogen) atoms. The molecule has 2 rings (SSSR count). The highest BCUT2D eigenvalue weighted by atomic mass is 35.5. The van der Waals surface area contributed by atoms with Crippen molar-refractivity contribution in [3.05, 3.63) is 74.4 Å². The molecule has 0 heterocycles. The summed E-state index contributed by atoms with van der Waals surface area (Å²) < 4.78 is 63.7. The van der Waals surface area contributed by atoms with Crippen LogP contribution in [0, 0.1) is 5.82 Å². The summed E-state index contributed by atoms with van der Waals surface area (Å²) >= 11 is 11.7. The van der Waals surface area contributed by atoms with E-state index >= 15 is 0 Å². The SMILES string of the molecule is O=S(C=Cc1ccc(F)cc1C(F)(F)F)Cc1ccc(Cl)cc1Cl. The molecule has 0 saturated heterocycles. The number of halogens is 6. The van der Waals surface area contributed by atoms with Gasteiger partial charge in [0.05, 0.1) is 22.1 Å². The van der Waals surface area contributed by atoms with Gasteiger partial charge in [-0.15, -0.1) is 0 Å². The Kier molecular flexibility index (Phi) is 6.06. The molecule has 1 nitrogen and oxygen atoms in total. The van der Waals surface area contributed by atoms with Gasteiger partial charge in [0.25, 0.3) is 0 Å². The molecule has 0 radical (unpaired) electrons. The molecular weight excluding hydrogens is 387 g/mol. The van der Waals surface area contributed by atoms with Crippen LogP contribution in [0.1, 0.15) is 16.7 Å². The fourth-order valence-electron chi connectivity index (χ4n) is 1.91. The zero-order valence-corrected chi connectivity index (χ0v) is 14.2. The van der Waals surface area contributed by atoms with Crippen LogP contribution in [-0.4, -0.2) is 4.21 Å². The molecule has 8 heteroatoms. The molecule has 2 aromatic rings. The lowest BCUT2D eigenvalue weighted by atomic mass is 10.1. The molecule has 0 saturated carbocycles. The minimum Gasteiger partial charge on any atom is -0.255 e. The predicted molar refractivity (Wildman–Crippen MR) is 88.7 cm³/mol. The van der Waals surface area contributed by atoms with Crippen LogP contribution >= 0.6 is 23.2 Å². The first kappa shape index (κ1) is 19.0. The maximum atomic E-state index is 13.0. The summed E-state index contributed by atoms with van der Waals surface area (Å²) in [5.74, 6) is -0.969. The fourth-order valence-corrected chi connectivity index (χ4v) is 3.42. The van der Waals surface area contributed by atoms with Gasteiger partial charge in [0.15, 0.2) is 0 Å². The van der Waals surface area contributed by atoms with Gasteiger partial charge in [0.1, 0.15) is 5.82 Å². The second-order valence-corrected chi connectivity index (χ2v) is 6.96. The first-order chi connectivity index (χ1) is 11.2. The van der Waals surface area contributed by atoms with Gasteiger partial charge in [0.2, 0.25) is 0 Å². The van der Waals surface area contributed by atoms with E-state index in [2.05, 4.69) is 0 Å². The quantitative estimate of drug-likeness (QED) is 0.573. The van der Waals surface area contributed by atoms with Gasteiger partial charge in [-0.05, 0) is 41.5 Å². The molecule has 0 bridgehead atoms. The van der Waals surface area contributed by atoms with E-state index in [0.29, 0.717) is 21.7 Å². The Hall–Kier alpha value is -1.37. The minimum atomic E-state index is -4.71. The Morgan fingerprint density at radius 2 is 1.79 bits per heavy atom. The standard InChI is InChI=1S/C16H10Cl2F4OS/c17-12-3-1-11(15(18)7-12)9-24(23)6-5-10-2-4-13(19)8-14(10)16(20,21)22/h1-8H,9H2. The lowest BCUT2D eigenvalue weighted by molar-refractivity contribution is -0.137. The average molecular weight is 397 g/mol. The van der Waals surface area contributed by atoms with Crippen LogP contribution in [0.15, 0.2) is 41.8 Å². The van der Waals surface area contributed by atoms with E-state index in [1.54, 1.807) is 12.1 Å². The number of hydrogen-bond acceptors (Lipinski definition) is 1. The fraction of sp³-hybridized carbons (Fsp3) is 0.125. The summed E-state index contributed by atoms with van der Waals surface area (Å²) in [4.78, 5) is 0. The third-order valence-electron chi connectivity index (χ3n) is 3.03. The zero-order valence-electron chi connectivity index (χ0n) is 11.9. The van der Waals surface area contributed by atoms with E-state index in [-0.39, 0.29) is 11.3 Å².